The molecule has 0 radical (unpaired) electrons. The lowest BCUT2D eigenvalue weighted by molar-refractivity contribution is -0.136. The number of hydrogen-bond donors (Lipinski definition) is 3. The number of rotatable bonds is 5. The van der Waals surface area contributed by atoms with Gasteiger partial charge in [-0.25, -0.2) is 9.97 Å². The summed E-state index contributed by atoms with van der Waals surface area (Å²) in [6, 6.07) is 4.95. The van der Waals surface area contributed by atoms with Gasteiger partial charge in [0.15, 0.2) is 0 Å². The predicted octanol–water partition coefficient (Wildman–Crippen LogP) is 0.617. The second-order valence-corrected chi connectivity index (χ2v) is 7.19. The third-order valence-electron chi connectivity index (χ3n) is 5.36. The average molecular weight is 394 g/mol. The van der Waals surface area contributed by atoms with Crippen LogP contribution in [-0.2, 0) is 29.2 Å². The molecule has 0 spiro atoms. The summed E-state index contributed by atoms with van der Waals surface area (Å²) in [7, 11) is 0. The van der Waals surface area contributed by atoms with Gasteiger partial charge in [-0.05, 0) is 30.5 Å². The van der Waals surface area contributed by atoms with E-state index in [1.54, 1.807) is 17.2 Å². The quantitative estimate of drug-likeness (QED) is 0.634. The van der Waals surface area contributed by atoms with Gasteiger partial charge in [-0.2, -0.15) is 0 Å². The Morgan fingerprint density at radius 1 is 1.31 bits per heavy atom. The Labute approximate surface area is 167 Å². The summed E-state index contributed by atoms with van der Waals surface area (Å²) < 4.78 is 0. The molecule has 1 saturated heterocycles. The van der Waals surface area contributed by atoms with Crippen molar-refractivity contribution in [3.05, 3.63) is 52.6 Å². The number of amides is 3. The van der Waals surface area contributed by atoms with E-state index in [0.29, 0.717) is 30.9 Å². The zero-order valence-electron chi connectivity index (χ0n) is 16.1. The highest BCUT2D eigenvalue weighted by Gasteiger charge is 2.39. The minimum Gasteiger partial charge on any atom is -0.378 e. The number of nitrogens with one attached hydrogen (secondary N) is 2. The lowest BCUT2D eigenvalue weighted by Gasteiger charge is -2.29. The second-order valence-electron chi connectivity index (χ2n) is 7.19. The minimum absolute atomic E-state index is 0.178. The Hall–Kier alpha value is -3.33. The van der Waals surface area contributed by atoms with Crippen molar-refractivity contribution >= 4 is 23.4 Å². The van der Waals surface area contributed by atoms with Gasteiger partial charge in [0.2, 0.25) is 11.8 Å². The molecule has 1 atom stereocenters. The van der Waals surface area contributed by atoms with E-state index in [9.17, 15) is 14.4 Å². The van der Waals surface area contributed by atoms with Crippen molar-refractivity contribution in [2.45, 2.75) is 45.4 Å². The van der Waals surface area contributed by atoms with Gasteiger partial charge in [0.25, 0.3) is 5.91 Å². The molecule has 0 saturated carbocycles. The first-order chi connectivity index (χ1) is 14.0. The van der Waals surface area contributed by atoms with Gasteiger partial charge in [0, 0.05) is 25.1 Å². The molecule has 150 valence electrons. The first kappa shape index (κ1) is 19.0. The van der Waals surface area contributed by atoms with Crippen molar-refractivity contribution in [1.82, 2.24) is 20.2 Å². The van der Waals surface area contributed by atoms with Crippen LogP contribution in [0.3, 0.4) is 0 Å². The number of nitrogens with zero attached hydrogens (tertiary/aromatic N) is 3. The lowest BCUT2D eigenvalue weighted by Crippen LogP contribution is -2.52. The van der Waals surface area contributed by atoms with Crippen LogP contribution in [0.4, 0.5) is 5.69 Å². The number of carbonyl (C=O) groups is 3. The number of aryl methyl sites for hydroxylation is 1. The molecule has 0 aliphatic carbocycles. The van der Waals surface area contributed by atoms with Crippen molar-refractivity contribution in [1.29, 1.82) is 0 Å². The standard InChI is InChI=1S/C20H22N6O3/c1-11-15(9-23-17(7-21)24-11)22-8-12-3-2-4-13-14(12)10-26(20(13)29)16-5-6-18(27)25-19(16)28/h2-4,9,16,22H,5-8,10,21H2,1H3,(H,25,27,28). The van der Waals surface area contributed by atoms with Crippen molar-refractivity contribution in [3.8, 4) is 0 Å². The average Bonchev–Trinajstić information content (AvgIpc) is 3.04. The second kappa shape index (κ2) is 7.59. The van der Waals surface area contributed by atoms with Crippen LogP contribution in [0, 0.1) is 6.92 Å². The van der Waals surface area contributed by atoms with Crippen molar-refractivity contribution in [3.63, 3.8) is 0 Å². The molecule has 29 heavy (non-hydrogen) atoms. The van der Waals surface area contributed by atoms with Crippen molar-refractivity contribution < 1.29 is 14.4 Å². The number of hydrogen-bond acceptors (Lipinski definition) is 7. The number of carbonyl (C=O) groups excluding carboxylic acids is 3. The van der Waals surface area contributed by atoms with Crippen LogP contribution < -0.4 is 16.4 Å². The molecular formula is C20H22N6O3. The topological polar surface area (TPSA) is 130 Å². The van der Waals surface area contributed by atoms with Crippen LogP contribution in [-0.4, -0.2) is 38.6 Å². The van der Waals surface area contributed by atoms with E-state index in [1.165, 1.54) is 0 Å². The Balaban J connectivity index is 1.53. The molecule has 4 N–H and O–H groups in total. The Morgan fingerprint density at radius 2 is 2.14 bits per heavy atom. The summed E-state index contributed by atoms with van der Waals surface area (Å²) in [6.07, 6.45) is 2.29. The van der Waals surface area contributed by atoms with Gasteiger partial charge in [-0.15, -0.1) is 0 Å². The van der Waals surface area contributed by atoms with Crippen LogP contribution in [0.1, 0.15) is 45.8 Å². The maximum Gasteiger partial charge on any atom is 0.255 e. The number of fused-ring (bicyclic) bond motifs is 1. The summed E-state index contributed by atoms with van der Waals surface area (Å²) >= 11 is 0. The van der Waals surface area contributed by atoms with E-state index in [1.807, 2.05) is 19.1 Å². The van der Waals surface area contributed by atoms with Gasteiger partial charge in [-0.3, -0.25) is 19.7 Å². The normalized spacial score (nSPS) is 18.6. The molecule has 0 bridgehead atoms. The van der Waals surface area contributed by atoms with E-state index in [-0.39, 0.29) is 24.8 Å². The highest BCUT2D eigenvalue weighted by molar-refractivity contribution is 6.05. The fourth-order valence-corrected chi connectivity index (χ4v) is 3.79. The maximum atomic E-state index is 12.9. The highest BCUT2D eigenvalue weighted by Crippen LogP contribution is 2.30. The molecule has 2 aliphatic rings. The summed E-state index contributed by atoms with van der Waals surface area (Å²) in [5.74, 6) is -0.296. The summed E-state index contributed by atoms with van der Waals surface area (Å²) in [5.41, 5.74) is 9.63. The van der Waals surface area contributed by atoms with E-state index < -0.39 is 11.9 Å². The number of imide groups is 1. The third-order valence-corrected chi connectivity index (χ3v) is 5.36. The number of aromatic nitrogens is 2. The van der Waals surface area contributed by atoms with Crippen molar-refractivity contribution in [2.75, 3.05) is 5.32 Å². The molecule has 9 heteroatoms. The van der Waals surface area contributed by atoms with Gasteiger partial charge < -0.3 is 16.0 Å². The first-order valence-corrected chi connectivity index (χ1v) is 9.50. The van der Waals surface area contributed by atoms with Gasteiger partial charge in [0.1, 0.15) is 11.9 Å². The number of nitrogens with two attached hydrogens (primary N) is 1. The Kier molecular flexibility index (Phi) is 4.98. The monoisotopic (exact) mass is 394 g/mol. The fraction of sp³-hybridized carbons (Fsp3) is 0.350. The van der Waals surface area contributed by atoms with E-state index in [0.717, 1.165) is 22.5 Å². The van der Waals surface area contributed by atoms with Crippen molar-refractivity contribution in [2.24, 2.45) is 5.73 Å². The van der Waals surface area contributed by atoms with Crippen LogP contribution >= 0.6 is 0 Å². The molecule has 2 aromatic rings. The van der Waals surface area contributed by atoms with Crippen LogP contribution in [0.15, 0.2) is 24.4 Å². The summed E-state index contributed by atoms with van der Waals surface area (Å²) in [4.78, 5) is 46.6. The van der Waals surface area contributed by atoms with Gasteiger partial charge >= 0.3 is 0 Å². The molecule has 1 unspecified atom stereocenters. The number of anilines is 1. The molecular weight excluding hydrogens is 372 g/mol. The maximum absolute atomic E-state index is 12.9. The fourth-order valence-electron chi connectivity index (χ4n) is 3.79. The van der Waals surface area contributed by atoms with Gasteiger partial charge in [-0.1, -0.05) is 12.1 Å². The van der Waals surface area contributed by atoms with Crippen LogP contribution in [0.2, 0.25) is 0 Å². The molecule has 1 aromatic carbocycles. The molecule has 1 fully saturated rings. The largest absolute Gasteiger partial charge is 0.378 e. The molecule has 3 amide bonds. The molecule has 3 heterocycles. The Morgan fingerprint density at radius 3 is 2.86 bits per heavy atom. The molecule has 4 rings (SSSR count). The van der Waals surface area contributed by atoms with E-state index in [4.69, 9.17) is 5.73 Å². The zero-order valence-corrected chi connectivity index (χ0v) is 16.1. The Bertz CT molecular complexity index is 1010. The molecule has 9 nitrogen and oxygen atoms in total. The third kappa shape index (κ3) is 3.56. The first-order valence-electron chi connectivity index (χ1n) is 9.50. The minimum atomic E-state index is -0.618. The van der Waals surface area contributed by atoms with Crippen LogP contribution in [0.5, 0.6) is 0 Å². The molecule has 2 aliphatic heterocycles. The lowest BCUT2D eigenvalue weighted by atomic mass is 10.0. The van der Waals surface area contributed by atoms with Crippen LogP contribution in [0.25, 0.3) is 0 Å². The van der Waals surface area contributed by atoms with E-state index in [2.05, 4.69) is 20.6 Å². The van der Waals surface area contributed by atoms with E-state index >= 15 is 0 Å². The number of benzene rings is 1. The zero-order chi connectivity index (χ0) is 20.5. The van der Waals surface area contributed by atoms with Gasteiger partial charge in [0.05, 0.1) is 24.1 Å². The summed E-state index contributed by atoms with van der Waals surface area (Å²) in [5, 5.41) is 5.64. The predicted molar refractivity (Wildman–Crippen MR) is 104 cm³/mol. The highest BCUT2D eigenvalue weighted by atomic mass is 16.2. The SMILES string of the molecule is Cc1nc(CN)ncc1NCc1cccc2c1CN(C1CCC(=O)NC1=O)C2=O. The smallest absolute Gasteiger partial charge is 0.255 e. The number of piperidine rings is 1. The summed E-state index contributed by atoms with van der Waals surface area (Å²) in [6.45, 7) is 3.00. The molecule has 1 aromatic heterocycles.